The molecule has 0 saturated heterocycles. The highest BCUT2D eigenvalue weighted by Gasteiger charge is 2.17. The van der Waals surface area contributed by atoms with E-state index in [4.69, 9.17) is 5.73 Å². The number of benzene rings is 1. The molecule has 1 aliphatic heterocycles. The van der Waals surface area contributed by atoms with Gasteiger partial charge in [-0.05, 0) is 23.8 Å². The third-order valence-corrected chi connectivity index (χ3v) is 3.12. The minimum Gasteiger partial charge on any atom is -0.330 e. The second kappa shape index (κ2) is 4.02. The number of hydrogen-bond donors (Lipinski definition) is 2. The topological polar surface area (TPSA) is 55.1 Å². The highest BCUT2D eigenvalue weighted by molar-refractivity contribution is 7.99. The Kier molecular flexibility index (Phi) is 2.74. The molecule has 14 heavy (non-hydrogen) atoms. The molecule has 1 heterocycles. The SMILES string of the molecule is NCCSc1ccc2c(c1)CC(=O)N2. The first-order valence-corrected chi connectivity index (χ1v) is 5.54. The summed E-state index contributed by atoms with van der Waals surface area (Å²) in [5.41, 5.74) is 7.47. The fourth-order valence-electron chi connectivity index (χ4n) is 1.47. The lowest BCUT2D eigenvalue weighted by atomic mass is 10.2. The van der Waals surface area contributed by atoms with Crippen LogP contribution in [0.1, 0.15) is 5.56 Å². The van der Waals surface area contributed by atoms with Crippen LogP contribution in [-0.4, -0.2) is 18.2 Å². The van der Waals surface area contributed by atoms with Gasteiger partial charge in [-0.15, -0.1) is 11.8 Å². The fraction of sp³-hybridized carbons (Fsp3) is 0.300. The number of fused-ring (bicyclic) bond motifs is 1. The molecule has 0 spiro atoms. The van der Waals surface area contributed by atoms with Crippen molar-refractivity contribution in [2.45, 2.75) is 11.3 Å². The smallest absolute Gasteiger partial charge is 0.228 e. The van der Waals surface area contributed by atoms with Crippen molar-refractivity contribution < 1.29 is 4.79 Å². The van der Waals surface area contributed by atoms with Crippen LogP contribution in [0.2, 0.25) is 0 Å². The second-order valence-electron chi connectivity index (χ2n) is 3.18. The monoisotopic (exact) mass is 208 g/mol. The van der Waals surface area contributed by atoms with Gasteiger partial charge in [-0.25, -0.2) is 0 Å². The largest absolute Gasteiger partial charge is 0.330 e. The number of nitrogens with two attached hydrogens (primary N) is 1. The number of anilines is 1. The molecule has 0 atom stereocenters. The number of rotatable bonds is 3. The van der Waals surface area contributed by atoms with Crippen molar-refractivity contribution in [3.05, 3.63) is 23.8 Å². The number of hydrogen-bond acceptors (Lipinski definition) is 3. The molecule has 3 nitrogen and oxygen atoms in total. The average Bonchev–Trinajstić information content (AvgIpc) is 2.54. The third kappa shape index (κ3) is 1.91. The summed E-state index contributed by atoms with van der Waals surface area (Å²) >= 11 is 1.72. The summed E-state index contributed by atoms with van der Waals surface area (Å²) in [7, 11) is 0. The van der Waals surface area contributed by atoms with Crippen molar-refractivity contribution in [3.63, 3.8) is 0 Å². The van der Waals surface area contributed by atoms with Crippen LogP contribution in [0, 0.1) is 0 Å². The Morgan fingerprint density at radius 2 is 2.36 bits per heavy atom. The van der Waals surface area contributed by atoms with Crippen molar-refractivity contribution in [1.82, 2.24) is 0 Å². The van der Waals surface area contributed by atoms with Crippen LogP contribution in [0.3, 0.4) is 0 Å². The molecule has 1 aliphatic rings. The number of thioether (sulfide) groups is 1. The molecule has 0 aliphatic carbocycles. The Morgan fingerprint density at radius 3 is 3.14 bits per heavy atom. The Hall–Kier alpha value is -1.00. The van der Waals surface area contributed by atoms with Gasteiger partial charge in [0.15, 0.2) is 0 Å². The molecule has 0 saturated carbocycles. The van der Waals surface area contributed by atoms with Crippen LogP contribution < -0.4 is 11.1 Å². The molecule has 3 N–H and O–H groups in total. The van der Waals surface area contributed by atoms with E-state index in [1.165, 1.54) is 4.90 Å². The summed E-state index contributed by atoms with van der Waals surface area (Å²) in [6, 6.07) is 6.04. The van der Waals surface area contributed by atoms with Gasteiger partial charge >= 0.3 is 0 Å². The van der Waals surface area contributed by atoms with E-state index in [2.05, 4.69) is 11.4 Å². The molecule has 2 rings (SSSR count). The fourth-order valence-corrected chi connectivity index (χ4v) is 2.22. The molecule has 0 unspecified atom stereocenters. The maximum atomic E-state index is 11.1. The molecular formula is C10H12N2OS. The van der Waals surface area contributed by atoms with Crippen molar-refractivity contribution >= 4 is 23.4 Å². The summed E-state index contributed by atoms with van der Waals surface area (Å²) in [5, 5.41) is 2.81. The summed E-state index contributed by atoms with van der Waals surface area (Å²) in [5.74, 6) is 1.00. The van der Waals surface area contributed by atoms with E-state index in [9.17, 15) is 4.79 Å². The van der Waals surface area contributed by atoms with Crippen LogP contribution in [-0.2, 0) is 11.2 Å². The Labute approximate surface area is 87.1 Å². The highest BCUT2D eigenvalue weighted by atomic mass is 32.2. The van der Waals surface area contributed by atoms with E-state index in [1.807, 2.05) is 12.1 Å². The normalized spacial score (nSPS) is 13.9. The Balaban J connectivity index is 2.16. The average molecular weight is 208 g/mol. The summed E-state index contributed by atoms with van der Waals surface area (Å²) in [6.45, 7) is 0.679. The van der Waals surface area contributed by atoms with Gasteiger partial charge in [0, 0.05) is 22.9 Å². The van der Waals surface area contributed by atoms with Crippen molar-refractivity contribution in [1.29, 1.82) is 0 Å². The minimum absolute atomic E-state index is 0.0842. The molecule has 0 radical (unpaired) electrons. The maximum absolute atomic E-state index is 11.1. The molecule has 0 bridgehead atoms. The number of carbonyl (C=O) groups excluding carboxylic acids is 1. The van der Waals surface area contributed by atoms with Gasteiger partial charge < -0.3 is 11.1 Å². The first kappa shape index (κ1) is 9.55. The first-order chi connectivity index (χ1) is 6.79. The van der Waals surface area contributed by atoms with E-state index in [1.54, 1.807) is 11.8 Å². The molecule has 1 aromatic rings. The van der Waals surface area contributed by atoms with Gasteiger partial charge in [0.2, 0.25) is 5.91 Å². The molecular weight excluding hydrogens is 196 g/mol. The Morgan fingerprint density at radius 1 is 1.50 bits per heavy atom. The second-order valence-corrected chi connectivity index (χ2v) is 4.35. The molecule has 1 amide bonds. The first-order valence-electron chi connectivity index (χ1n) is 4.55. The lowest BCUT2D eigenvalue weighted by Gasteiger charge is -2.02. The quantitative estimate of drug-likeness (QED) is 0.735. The lowest BCUT2D eigenvalue weighted by molar-refractivity contribution is -0.115. The van der Waals surface area contributed by atoms with Crippen molar-refractivity contribution in [3.8, 4) is 0 Å². The standard InChI is InChI=1S/C10H12N2OS/c11-3-4-14-8-1-2-9-7(5-8)6-10(13)12-9/h1-2,5H,3-4,6,11H2,(H,12,13). The molecule has 1 aromatic carbocycles. The van der Waals surface area contributed by atoms with Gasteiger partial charge in [0.25, 0.3) is 0 Å². The zero-order valence-corrected chi connectivity index (χ0v) is 8.56. The minimum atomic E-state index is 0.0842. The van der Waals surface area contributed by atoms with Gasteiger partial charge in [0.1, 0.15) is 0 Å². The summed E-state index contributed by atoms with van der Waals surface area (Å²) in [6.07, 6.45) is 0.506. The summed E-state index contributed by atoms with van der Waals surface area (Å²) in [4.78, 5) is 12.3. The third-order valence-electron chi connectivity index (χ3n) is 2.09. The molecule has 74 valence electrons. The molecule has 0 aromatic heterocycles. The maximum Gasteiger partial charge on any atom is 0.228 e. The van der Waals surface area contributed by atoms with Crippen LogP contribution in [0.5, 0.6) is 0 Å². The van der Waals surface area contributed by atoms with Gasteiger partial charge in [-0.1, -0.05) is 0 Å². The van der Waals surface area contributed by atoms with Crippen LogP contribution in [0.15, 0.2) is 23.1 Å². The van der Waals surface area contributed by atoms with Crippen LogP contribution >= 0.6 is 11.8 Å². The van der Waals surface area contributed by atoms with E-state index in [0.717, 1.165) is 17.0 Å². The number of nitrogens with one attached hydrogen (secondary N) is 1. The van der Waals surface area contributed by atoms with Crippen molar-refractivity contribution in [2.24, 2.45) is 5.73 Å². The zero-order valence-electron chi connectivity index (χ0n) is 7.75. The van der Waals surface area contributed by atoms with Gasteiger partial charge in [-0.2, -0.15) is 0 Å². The molecule has 0 fully saturated rings. The van der Waals surface area contributed by atoms with Crippen molar-refractivity contribution in [2.75, 3.05) is 17.6 Å². The van der Waals surface area contributed by atoms with Crippen LogP contribution in [0.4, 0.5) is 5.69 Å². The highest BCUT2D eigenvalue weighted by Crippen LogP contribution is 2.28. The predicted molar refractivity (Wildman–Crippen MR) is 58.6 cm³/mol. The van der Waals surface area contributed by atoms with Gasteiger partial charge in [-0.3, -0.25) is 4.79 Å². The van der Waals surface area contributed by atoms with E-state index >= 15 is 0 Å². The summed E-state index contributed by atoms with van der Waals surface area (Å²) < 4.78 is 0. The zero-order chi connectivity index (χ0) is 9.97. The lowest BCUT2D eigenvalue weighted by Crippen LogP contribution is -2.03. The van der Waals surface area contributed by atoms with E-state index in [0.29, 0.717) is 13.0 Å². The Bertz CT molecular complexity index is 365. The van der Waals surface area contributed by atoms with Gasteiger partial charge in [0.05, 0.1) is 6.42 Å². The predicted octanol–water partition coefficient (Wildman–Crippen LogP) is 1.23. The van der Waals surface area contributed by atoms with E-state index < -0.39 is 0 Å². The molecule has 4 heteroatoms. The van der Waals surface area contributed by atoms with E-state index in [-0.39, 0.29) is 5.91 Å². The number of carbonyl (C=O) groups is 1. The number of amides is 1. The van der Waals surface area contributed by atoms with Crippen LogP contribution in [0.25, 0.3) is 0 Å².